The maximum Gasteiger partial charge on any atom is 0.265 e. The molecule has 2 atom stereocenters. The van der Waals surface area contributed by atoms with Crippen molar-refractivity contribution >= 4 is 17.2 Å². The van der Waals surface area contributed by atoms with Gasteiger partial charge in [-0.15, -0.1) is 11.3 Å². The molecule has 2 heterocycles. The van der Waals surface area contributed by atoms with Gasteiger partial charge >= 0.3 is 0 Å². The third-order valence-corrected chi connectivity index (χ3v) is 5.28. The number of nitrogens with two attached hydrogens (primary N) is 1. The second kappa shape index (κ2) is 6.58. The molecule has 0 aliphatic carbocycles. The van der Waals surface area contributed by atoms with Crippen LogP contribution in [0.1, 0.15) is 29.4 Å². The minimum Gasteiger partial charge on any atom is -0.334 e. The van der Waals surface area contributed by atoms with Gasteiger partial charge in [0.05, 0.1) is 6.20 Å². The van der Waals surface area contributed by atoms with Gasteiger partial charge in [-0.1, -0.05) is 37.3 Å². The standard InChI is InChI=1S/C17H21N3OS/c1-12-7-8-20(14(9-12)10-18)17(21)15-11-19-16(22-15)13-5-3-2-4-6-13/h2-6,11-12,14H,7-10,18H2,1H3. The molecular formula is C17H21N3OS. The summed E-state index contributed by atoms with van der Waals surface area (Å²) in [5.74, 6) is 0.709. The molecule has 3 rings (SSSR count). The zero-order valence-electron chi connectivity index (χ0n) is 12.7. The van der Waals surface area contributed by atoms with Gasteiger partial charge in [-0.05, 0) is 18.8 Å². The number of carbonyl (C=O) groups excluding carboxylic acids is 1. The van der Waals surface area contributed by atoms with E-state index in [1.807, 2.05) is 35.2 Å². The number of likely N-dealkylation sites (tertiary alicyclic amines) is 1. The van der Waals surface area contributed by atoms with Crippen LogP contribution in [0, 0.1) is 5.92 Å². The second-order valence-corrected chi connectivity index (χ2v) is 6.94. The molecule has 2 aromatic rings. The molecule has 1 aliphatic heterocycles. The Kier molecular flexibility index (Phi) is 4.55. The smallest absolute Gasteiger partial charge is 0.265 e. The molecular weight excluding hydrogens is 294 g/mol. The van der Waals surface area contributed by atoms with Crippen molar-refractivity contribution in [2.45, 2.75) is 25.8 Å². The summed E-state index contributed by atoms with van der Waals surface area (Å²) in [6, 6.07) is 10.1. The van der Waals surface area contributed by atoms with Gasteiger partial charge in [0.2, 0.25) is 0 Å². The fourth-order valence-corrected chi connectivity index (χ4v) is 3.85. The number of thiazole rings is 1. The van der Waals surface area contributed by atoms with Crippen molar-refractivity contribution in [1.29, 1.82) is 0 Å². The van der Waals surface area contributed by atoms with Crippen molar-refractivity contribution in [2.24, 2.45) is 11.7 Å². The highest BCUT2D eigenvalue weighted by Crippen LogP contribution is 2.28. The van der Waals surface area contributed by atoms with Gasteiger partial charge in [-0.2, -0.15) is 0 Å². The van der Waals surface area contributed by atoms with Crippen LogP contribution in [0.5, 0.6) is 0 Å². The van der Waals surface area contributed by atoms with E-state index in [1.54, 1.807) is 6.20 Å². The topological polar surface area (TPSA) is 59.2 Å². The Balaban J connectivity index is 1.79. The fourth-order valence-electron chi connectivity index (χ4n) is 2.97. The predicted molar refractivity (Wildman–Crippen MR) is 89.8 cm³/mol. The van der Waals surface area contributed by atoms with Crippen LogP contribution in [-0.2, 0) is 0 Å². The Morgan fingerprint density at radius 1 is 1.41 bits per heavy atom. The van der Waals surface area contributed by atoms with Crippen molar-refractivity contribution < 1.29 is 4.79 Å². The summed E-state index contributed by atoms with van der Waals surface area (Å²) < 4.78 is 0. The SMILES string of the molecule is CC1CCN(C(=O)c2cnc(-c3ccccc3)s2)C(CN)C1. The predicted octanol–water partition coefficient (Wildman–Crippen LogP) is 3.01. The molecule has 5 heteroatoms. The van der Waals surface area contributed by atoms with Crippen molar-refractivity contribution in [1.82, 2.24) is 9.88 Å². The lowest BCUT2D eigenvalue weighted by molar-refractivity contribution is 0.0578. The van der Waals surface area contributed by atoms with E-state index in [9.17, 15) is 4.79 Å². The first-order valence-electron chi connectivity index (χ1n) is 7.71. The molecule has 1 aliphatic rings. The van der Waals surface area contributed by atoms with Gasteiger partial charge in [0.25, 0.3) is 5.91 Å². The highest BCUT2D eigenvalue weighted by Gasteiger charge is 2.30. The summed E-state index contributed by atoms with van der Waals surface area (Å²) in [6.07, 6.45) is 3.74. The number of piperidine rings is 1. The van der Waals surface area contributed by atoms with Crippen LogP contribution < -0.4 is 5.73 Å². The van der Waals surface area contributed by atoms with Crippen molar-refractivity contribution in [3.8, 4) is 10.6 Å². The first-order valence-corrected chi connectivity index (χ1v) is 8.53. The maximum atomic E-state index is 12.8. The quantitative estimate of drug-likeness (QED) is 0.947. The lowest BCUT2D eigenvalue weighted by atomic mass is 9.92. The molecule has 2 unspecified atom stereocenters. The van der Waals surface area contributed by atoms with Crippen LogP contribution in [0.3, 0.4) is 0 Å². The molecule has 2 N–H and O–H groups in total. The number of rotatable bonds is 3. The van der Waals surface area contributed by atoms with Gasteiger partial charge in [0.1, 0.15) is 9.88 Å². The van der Waals surface area contributed by atoms with E-state index in [0.29, 0.717) is 17.3 Å². The summed E-state index contributed by atoms with van der Waals surface area (Å²) in [6.45, 7) is 3.55. The van der Waals surface area contributed by atoms with E-state index in [1.165, 1.54) is 11.3 Å². The molecule has 1 amide bonds. The highest BCUT2D eigenvalue weighted by molar-refractivity contribution is 7.16. The lowest BCUT2D eigenvalue weighted by Gasteiger charge is -2.37. The average Bonchev–Trinajstić information content (AvgIpc) is 3.05. The summed E-state index contributed by atoms with van der Waals surface area (Å²) in [5.41, 5.74) is 6.91. The van der Waals surface area contributed by atoms with Crippen LogP contribution in [0.15, 0.2) is 36.5 Å². The number of hydrogen-bond donors (Lipinski definition) is 1. The van der Waals surface area contributed by atoms with Gasteiger partial charge in [-0.3, -0.25) is 4.79 Å². The Hall–Kier alpha value is -1.72. The molecule has 0 bridgehead atoms. The van der Waals surface area contributed by atoms with E-state index in [4.69, 9.17) is 5.73 Å². The molecule has 0 radical (unpaired) electrons. The van der Waals surface area contributed by atoms with Crippen molar-refractivity contribution in [2.75, 3.05) is 13.1 Å². The highest BCUT2D eigenvalue weighted by atomic mass is 32.1. The minimum atomic E-state index is 0.0713. The molecule has 1 fully saturated rings. The average molecular weight is 315 g/mol. The molecule has 4 nitrogen and oxygen atoms in total. The van der Waals surface area contributed by atoms with Gasteiger partial charge in [0.15, 0.2) is 0 Å². The third-order valence-electron chi connectivity index (χ3n) is 4.25. The molecule has 116 valence electrons. The first kappa shape index (κ1) is 15.2. The lowest BCUT2D eigenvalue weighted by Crippen LogP contribution is -2.49. The zero-order chi connectivity index (χ0) is 15.5. The van der Waals surface area contributed by atoms with Gasteiger partial charge in [-0.25, -0.2) is 4.98 Å². The number of benzene rings is 1. The molecule has 1 saturated heterocycles. The Morgan fingerprint density at radius 3 is 2.91 bits per heavy atom. The van der Waals surface area contributed by atoms with E-state index < -0.39 is 0 Å². The number of carbonyl (C=O) groups is 1. The number of amides is 1. The molecule has 0 spiro atoms. The molecule has 0 saturated carbocycles. The van der Waals surface area contributed by atoms with Crippen LogP contribution in [-0.4, -0.2) is 34.9 Å². The number of hydrogen-bond acceptors (Lipinski definition) is 4. The van der Waals surface area contributed by atoms with Crippen LogP contribution in [0.4, 0.5) is 0 Å². The second-order valence-electron chi connectivity index (χ2n) is 5.91. The summed E-state index contributed by atoms with van der Waals surface area (Å²) in [5, 5.41) is 0.888. The van der Waals surface area contributed by atoms with Crippen LogP contribution in [0.25, 0.3) is 10.6 Å². The summed E-state index contributed by atoms with van der Waals surface area (Å²) in [4.78, 5) is 19.8. The number of aromatic nitrogens is 1. The summed E-state index contributed by atoms with van der Waals surface area (Å²) in [7, 11) is 0. The minimum absolute atomic E-state index is 0.0713. The molecule has 1 aromatic carbocycles. The molecule has 1 aromatic heterocycles. The number of nitrogens with zero attached hydrogens (tertiary/aromatic N) is 2. The monoisotopic (exact) mass is 315 g/mol. The van der Waals surface area contributed by atoms with Crippen molar-refractivity contribution in [3.63, 3.8) is 0 Å². The van der Waals surface area contributed by atoms with E-state index in [0.717, 1.165) is 30.0 Å². The summed E-state index contributed by atoms with van der Waals surface area (Å²) >= 11 is 1.46. The largest absolute Gasteiger partial charge is 0.334 e. The third kappa shape index (κ3) is 3.05. The molecule has 22 heavy (non-hydrogen) atoms. The zero-order valence-corrected chi connectivity index (χ0v) is 13.6. The maximum absolute atomic E-state index is 12.8. The normalized spacial score (nSPS) is 21.8. The Bertz CT molecular complexity index is 640. The van der Waals surface area contributed by atoms with Crippen LogP contribution in [0.2, 0.25) is 0 Å². The van der Waals surface area contributed by atoms with E-state index >= 15 is 0 Å². The van der Waals surface area contributed by atoms with E-state index in [-0.39, 0.29) is 11.9 Å². The van der Waals surface area contributed by atoms with Crippen molar-refractivity contribution in [3.05, 3.63) is 41.4 Å². The van der Waals surface area contributed by atoms with Gasteiger partial charge in [0, 0.05) is 24.7 Å². The van der Waals surface area contributed by atoms with E-state index in [2.05, 4.69) is 11.9 Å². The Morgan fingerprint density at radius 2 is 2.18 bits per heavy atom. The fraction of sp³-hybridized carbons (Fsp3) is 0.412. The Labute approximate surface area is 135 Å². The first-order chi connectivity index (χ1) is 10.7. The van der Waals surface area contributed by atoms with Crippen LogP contribution >= 0.6 is 11.3 Å². The van der Waals surface area contributed by atoms with Gasteiger partial charge < -0.3 is 10.6 Å².